The molecule has 0 radical (unpaired) electrons. The van der Waals surface area contributed by atoms with Crippen LogP contribution in [-0.4, -0.2) is 80.2 Å². The van der Waals surface area contributed by atoms with E-state index in [-0.39, 0.29) is 0 Å². The normalized spacial score (nSPS) is 20.4. The highest BCUT2D eigenvalue weighted by Crippen LogP contribution is 2.48. The zero-order valence-corrected chi connectivity index (χ0v) is 33.3. The van der Waals surface area contributed by atoms with Crippen molar-refractivity contribution in [2.75, 3.05) is 27.4 Å². The third-order valence-electron chi connectivity index (χ3n) is 10.6. The summed E-state index contributed by atoms with van der Waals surface area (Å²) in [4.78, 5) is 39.7. The van der Waals surface area contributed by atoms with Crippen LogP contribution < -0.4 is 26.0 Å². The van der Waals surface area contributed by atoms with Gasteiger partial charge in [-0.3, -0.25) is 19.1 Å². The van der Waals surface area contributed by atoms with Crippen LogP contribution >= 0.6 is 0 Å². The Balaban J connectivity index is 1.71. The predicted octanol–water partition coefficient (Wildman–Crippen LogP) is 5.65. The van der Waals surface area contributed by atoms with E-state index >= 15 is 0 Å². The van der Waals surface area contributed by atoms with Crippen LogP contribution in [0.15, 0.2) is 101 Å². The molecule has 1 aliphatic heterocycles. The SMILES string of the molecule is COc1ccc(C(OC[C@@]2(CCNC(=O)C(F)(F)F)O[C@@H](n3ccc(=O)[nH]c3=O)[C@H](O[Si](C)(C)C(C)(C)C)[C@@H]2O)(c2ccccc2)c2ccc(OC)cc2)cc1. The molecule has 1 aromatic heterocycles. The zero-order valence-electron chi connectivity index (χ0n) is 32.3. The van der Waals surface area contributed by atoms with Gasteiger partial charge in [-0.15, -0.1) is 0 Å². The predicted molar refractivity (Wildman–Crippen MR) is 204 cm³/mol. The lowest BCUT2D eigenvalue weighted by atomic mass is 9.79. The Morgan fingerprint density at radius 3 is 1.91 bits per heavy atom. The van der Waals surface area contributed by atoms with Crippen molar-refractivity contribution in [3.8, 4) is 11.5 Å². The first-order valence-corrected chi connectivity index (χ1v) is 20.9. The number of aromatic nitrogens is 2. The molecule has 0 spiro atoms. The molecule has 0 aliphatic carbocycles. The van der Waals surface area contributed by atoms with Gasteiger partial charge >= 0.3 is 17.8 Å². The maximum Gasteiger partial charge on any atom is 0.471 e. The fraction of sp³-hybridized carbons (Fsp3) is 0.425. The highest BCUT2D eigenvalue weighted by molar-refractivity contribution is 6.74. The van der Waals surface area contributed by atoms with Gasteiger partial charge in [-0.1, -0.05) is 75.4 Å². The molecule has 1 aliphatic rings. The van der Waals surface area contributed by atoms with Crippen LogP contribution in [0.2, 0.25) is 18.1 Å². The van der Waals surface area contributed by atoms with Crippen LogP contribution in [0.4, 0.5) is 13.2 Å². The number of amides is 1. The van der Waals surface area contributed by atoms with Gasteiger partial charge in [0.05, 0.1) is 20.8 Å². The summed E-state index contributed by atoms with van der Waals surface area (Å²) < 4.78 is 72.7. The molecule has 3 aromatic carbocycles. The molecule has 56 heavy (non-hydrogen) atoms. The largest absolute Gasteiger partial charge is 0.497 e. The van der Waals surface area contributed by atoms with Crippen molar-refractivity contribution < 1.29 is 46.4 Å². The maximum absolute atomic E-state index is 13.4. The van der Waals surface area contributed by atoms with Crippen molar-refractivity contribution in [3.63, 3.8) is 0 Å². The van der Waals surface area contributed by atoms with Gasteiger partial charge in [0.15, 0.2) is 14.5 Å². The van der Waals surface area contributed by atoms with E-state index in [4.69, 9.17) is 23.4 Å². The molecule has 16 heteroatoms. The Morgan fingerprint density at radius 1 is 0.893 bits per heavy atom. The van der Waals surface area contributed by atoms with Crippen molar-refractivity contribution in [1.82, 2.24) is 14.9 Å². The first kappa shape index (κ1) is 42.4. The summed E-state index contributed by atoms with van der Waals surface area (Å²) in [6.45, 7) is 8.67. The number of H-pyrrole nitrogens is 1. The third-order valence-corrected chi connectivity index (χ3v) is 15.1. The Labute approximate surface area is 323 Å². The lowest BCUT2D eigenvalue weighted by Crippen LogP contribution is -2.54. The number of halogens is 3. The van der Waals surface area contributed by atoms with Crippen LogP contribution in [0.3, 0.4) is 0 Å². The van der Waals surface area contributed by atoms with E-state index in [1.807, 2.05) is 93.8 Å². The summed E-state index contributed by atoms with van der Waals surface area (Å²) >= 11 is 0. The number of hydrogen-bond donors (Lipinski definition) is 3. The Hall–Kier alpha value is -4.74. The van der Waals surface area contributed by atoms with Crippen LogP contribution in [0.25, 0.3) is 0 Å². The fourth-order valence-corrected chi connectivity index (χ4v) is 7.79. The van der Waals surface area contributed by atoms with Gasteiger partial charge < -0.3 is 33.8 Å². The number of rotatable bonds is 14. The number of benzene rings is 3. The van der Waals surface area contributed by atoms with E-state index in [1.165, 1.54) is 20.4 Å². The molecule has 12 nitrogen and oxygen atoms in total. The quantitative estimate of drug-likeness (QED) is 0.109. The smallest absolute Gasteiger partial charge is 0.471 e. The molecule has 0 saturated carbocycles. The molecule has 302 valence electrons. The van der Waals surface area contributed by atoms with Crippen molar-refractivity contribution in [2.45, 2.75) is 81.1 Å². The number of aromatic amines is 1. The van der Waals surface area contributed by atoms with Crippen molar-refractivity contribution in [2.24, 2.45) is 0 Å². The van der Waals surface area contributed by atoms with Gasteiger partial charge in [0.2, 0.25) is 0 Å². The van der Waals surface area contributed by atoms with E-state index in [0.717, 1.165) is 10.6 Å². The van der Waals surface area contributed by atoms with Gasteiger partial charge in [0, 0.05) is 18.8 Å². The van der Waals surface area contributed by atoms with Crippen molar-refractivity contribution >= 4 is 14.2 Å². The topological polar surface area (TPSA) is 150 Å². The standard InChI is InChI=1S/C40H48F3N3O9Si/c1-37(2,3)56(6,7)55-32-33(48)38(22-23-44-35(49)40(41,42)43,54-34(32)46-24-21-31(47)45-36(46)50)25-53-39(26-11-9-8-10-12-26,27-13-17-29(51-4)18-14-27)28-15-19-30(52-5)20-16-28/h8-21,24,32-34,48H,22-23,25H2,1-7H3,(H,44,49)(H,45,47,50)/t32-,33+,34-,38-/m1/s1. The van der Waals surface area contributed by atoms with Crippen LogP contribution in [0, 0.1) is 0 Å². The molecule has 4 aromatic rings. The molecule has 3 N–H and O–H groups in total. The lowest BCUT2D eigenvalue weighted by Gasteiger charge is -2.42. The number of aliphatic hydroxyl groups is 1. The molecular formula is C40H48F3N3O9Si. The number of carbonyl (C=O) groups is 1. The minimum Gasteiger partial charge on any atom is -0.497 e. The average Bonchev–Trinajstić information content (AvgIpc) is 3.41. The summed E-state index contributed by atoms with van der Waals surface area (Å²) in [5, 5.41) is 14.0. The van der Waals surface area contributed by atoms with Gasteiger partial charge in [-0.2, -0.15) is 13.2 Å². The molecule has 1 saturated heterocycles. The van der Waals surface area contributed by atoms with E-state index in [1.54, 1.807) is 24.3 Å². The Bertz CT molecular complexity index is 2020. The second-order valence-corrected chi connectivity index (χ2v) is 19.9. The van der Waals surface area contributed by atoms with Gasteiger partial charge in [-0.25, -0.2) is 4.79 Å². The van der Waals surface area contributed by atoms with Crippen LogP contribution in [-0.2, 0) is 24.3 Å². The molecule has 1 amide bonds. The molecular weight excluding hydrogens is 752 g/mol. The second kappa shape index (κ2) is 16.4. The highest BCUT2D eigenvalue weighted by Gasteiger charge is 2.59. The van der Waals surface area contributed by atoms with E-state index in [9.17, 15) is 32.7 Å². The van der Waals surface area contributed by atoms with Crippen molar-refractivity contribution in [1.29, 1.82) is 0 Å². The molecule has 0 unspecified atom stereocenters. The van der Waals surface area contributed by atoms with E-state index in [0.29, 0.717) is 28.2 Å². The monoisotopic (exact) mass is 799 g/mol. The summed E-state index contributed by atoms with van der Waals surface area (Å²) in [6.07, 6.45) is -8.72. The molecule has 0 bridgehead atoms. The zero-order chi connectivity index (χ0) is 41.1. The fourth-order valence-electron chi connectivity index (χ4n) is 6.51. The van der Waals surface area contributed by atoms with Gasteiger partial charge in [-0.05, 0) is 65.5 Å². The number of nitrogens with zero attached hydrogens (tertiary/aromatic N) is 1. The highest BCUT2D eigenvalue weighted by atomic mass is 28.4. The number of ether oxygens (including phenoxy) is 4. The van der Waals surface area contributed by atoms with Gasteiger partial charge in [0.1, 0.15) is 34.9 Å². The average molecular weight is 800 g/mol. The Morgan fingerprint density at radius 2 is 1.43 bits per heavy atom. The first-order valence-electron chi connectivity index (χ1n) is 18.0. The third kappa shape index (κ3) is 8.63. The minimum atomic E-state index is -5.18. The molecule has 2 heterocycles. The van der Waals surface area contributed by atoms with Crippen molar-refractivity contribution in [3.05, 3.63) is 129 Å². The number of nitrogens with one attached hydrogen (secondary N) is 2. The molecule has 4 atom stereocenters. The number of alkyl halides is 3. The minimum absolute atomic E-state index is 0.402. The van der Waals surface area contributed by atoms with Gasteiger partial charge in [0.25, 0.3) is 5.56 Å². The lowest BCUT2D eigenvalue weighted by molar-refractivity contribution is -0.176. The summed E-state index contributed by atoms with van der Waals surface area (Å²) in [5.41, 5.74) is -3.06. The summed E-state index contributed by atoms with van der Waals surface area (Å²) in [7, 11) is 0.270. The maximum atomic E-state index is 13.4. The number of carbonyl (C=O) groups excluding carboxylic acids is 1. The Kier molecular flexibility index (Phi) is 12.4. The molecule has 5 rings (SSSR count). The summed E-state index contributed by atoms with van der Waals surface area (Å²) in [6, 6.07) is 24.5. The van der Waals surface area contributed by atoms with E-state index in [2.05, 4.69) is 4.98 Å². The number of hydrogen-bond acceptors (Lipinski definition) is 9. The number of methoxy groups -OCH3 is 2. The molecule has 1 fully saturated rings. The van der Waals surface area contributed by atoms with Crippen LogP contribution in [0.1, 0.15) is 50.1 Å². The van der Waals surface area contributed by atoms with E-state index < -0.39 is 85.9 Å². The number of aliphatic hydroxyl groups excluding tert-OH is 1. The van der Waals surface area contributed by atoms with Crippen LogP contribution in [0.5, 0.6) is 11.5 Å². The first-order chi connectivity index (χ1) is 26.3. The summed E-state index contributed by atoms with van der Waals surface area (Å²) in [5.74, 6) is -1.05. The second-order valence-electron chi connectivity index (χ2n) is 15.2.